The highest BCUT2D eigenvalue weighted by Crippen LogP contribution is 2.53. The van der Waals surface area contributed by atoms with Crippen LogP contribution in [0.3, 0.4) is 0 Å². The van der Waals surface area contributed by atoms with Gasteiger partial charge in [0, 0.05) is 33.2 Å². The zero-order chi connectivity index (χ0) is 30.1. The molecular weight excluding hydrogens is 544 g/mol. The summed E-state index contributed by atoms with van der Waals surface area (Å²) in [6.07, 6.45) is 0. The first-order valence-electron chi connectivity index (χ1n) is 15.7. The van der Waals surface area contributed by atoms with E-state index in [2.05, 4.69) is 181 Å². The fourth-order valence-corrected chi connectivity index (χ4v) is 7.77. The Balaban J connectivity index is 1.31. The molecule has 0 aliphatic heterocycles. The van der Waals surface area contributed by atoms with Gasteiger partial charge in [-0.2, -0.15) is 0 Å². The minimum absolute atomic E-state index is 0.140. The third-order valence-electron chi connectivity index (χ3n) is 9.72. The number of fused-ring (bicyclic) bond motifs is 8. The maximum atomic E-state index is 2.45. The van der Waals surface area contributed by atoms with Crippen LogP contribution >= 0.6 is 0 Å². The van der Waals surface area contributed by atoms with Crippen LogP contribution in [0.1, 0.15) is 25.0 Å². The van der Waals surface area contributed by atoms with E-state index in [0.717, 1.165) is 17.1 Å². The Morgan fingerprint density at radius 2 is 1.18 bits per heavy atom. The molecule has 1 heterocycles. The van der Waals surface area contributed by atoms with Gasteiger partial charge < -0.3 is 9.47 Å². The second-order valence-electron chi connectivity index (χ2n) is 12.6. The number of para-hydroxylation sites is 3. The van der Waals surface area contributed by atoms with Gasteiger partial charge in [0.05, 0.1) is 16.7 Å². The van der Waals surface area contributed by atoms with E-state index < -0.39 is 0 Å². The molecule has 0 bridgehead atoms. The van der Waals surface area contributed by atoms with Gasteiger partial charge in [-0.3, -0.25) is 0 Å². The lowest BCUT2D eigenvalue weighted by molar-refractivity contribution is 0.666. The molecule has 0 saturated carbocycles. The smallest absolute Gasteiger partial charge is 0.0562 e. The molecule has 9 rings (SSSR count). The lowest BCUT2D eigenvalue weighted by Gasteiger charge is -2.29. The Morgan fingerprint density at radius 1 is 0.511 bits per heavy atom. The first-order valence-corrected chi connectivity index (χ1v) is 15.7. The number of hydrogen-bond donors (Lipinski definition) is 0. The summed E-state index contributed by atoms with van der Waals surface area (Å²) >= 11 is 0. The van der Waals surface area contributed by atoms with Gasteiger partial charge in [-0.15, -0.1) is 0 Å². The van der Waals surface area contributed by atoms with Crippen molar-refractivity contribution in [3.05, 3.63) is 169 Å². The zero-order valence-corrected chi connectivity index (χ0v) is 25.4. The zero-order valence-electron chi connectivity index (χ0n) is 25.4. The lowest BCUT2D eigenvalue weighted by Crippen LogP contribution is -2.17. The Labute approximate surface area is 263 Å². The van der Waals surface area contributed by atoms with Gasteiger partial charge in [0.2, 0.25) is 0 Å². The van der Waals surface area contributed by atoms with Crippen LogP contribution in [0, 0.1) is 0 Å². The average Bonchev–Trinajstić information content (AvgIpc) is 3.55. The third-order valence-corrected chi connectivity index (χ3v) is 9.72. The Bertz CT molecular complexity index is 2400. The maximum absolute atomic E-state index is 2.45. The number of rotatable bonds is 4. The number of aromatic nitrogens is 1. The van der Waals surface area contributed by atoms with Crippen LogP contribution in [0.25, 0.3) is 49.4 Å². The van der Waals surface area contributed by atoms with Gasteiger partial charge in [0.15, 0.2) is 0 Å². The monoisotopic (exact) mass is 576 g/mol. The highest BCUT2D eigenvalue weighted by Gasteiger charge is 2.37. The summed E-state index contributed by atoms with van der Waals surface area (Å²) in [5.41, 5.74) is 12.4. The van der Waals surface area contributed by atoms with E-state index >= 15 is 0 Å². The van der Waals surface area contributed by atoms with Crippen LogP contribution in [0.4, 0.5) is 17.1 Å². The average molecular weight is 577 g/mol. The topological polar surface area (TPSA) is 8.17 Å². The van der Waals surface area contributed by atoms with Gasteiger partial charge in [0.1, 0.15) is 0 Å². The molecule has 0 atom stereocenters. The highest BCUT2D eigenvalue weighted by atomic mass is 15.1. The van der Waals surface area contributed by atoms with Crippen molar-refractivity contribution in [2.45, 2.75) is 19.3 Å². The SMILES string of the molecule is CC1(C)c2cc(N(c3ccccc3)c3cccc4c3c3ccccc3n4-c3ccccc3)ccc2-c2ccc3ccccc3c21. The molecule has 1 aliphatic carbocycles. The molecule has 0 saturated heterocycles. The Hall–Kier alpha value is -5.60. The number of anilines is 3. The molecule has 0 amide bonds. The van der Waals surface area contributed by atoms with E-state index in [9.17, 15) is 0 Å². The van der Waals surface area contributed by atoms with Crippen molar-refractivity contribution in [3.8, 4) is 16.8 Å². The number of hydrogen-bond acceptors (Lipinski definition) is 1. The molecule has 45 heavy (non-hydrogen) atoms. The van der Waals surface area contributed by atoms with Crippen LogP contribution in [0.15, 0.2) is 158 Å². The highest BCUT2D eigenvalue weighted by molar-refractivity contribution is 6.16. The van der Waals surface area contributed by atoms with Crippen molar-refractivity contribution < 1.29 is 0 Å². The van der Waals surface area contributed by atoms with Gasteiger partial charge in [-0.25, -0.2) is 0 Å². The molecule has 2 heteroatoms. The van der Waals surface area contributed by atoms with Crippen molar-refractivity contribution in [2.75, 3.05) is 4.90 Å². The normalized spacial score (nSPS) is 13.3. The number of benzene rings is 7. The fraction of sp³-hybridized carbons (Fsp3) is 0.0698. The van der Waals surface area contributed by atoms with E-state index in [1.54, 1.807) is 0 Å². The molecular formula is C43H32N2. The van der Waals surface area contributed by atoms with Crippen LogP contribution in [-0.2, 0) is 5.41 Å². The molecule has 0 radical (unpaired) electrons. The molecule has 0 N–H and O–H groups in total. The summed E-state index contributed by atoms with van der Waals surface area (Å²) in [5.74, 6) is 0. The molecule has 214 valence electrons. The van der Waals surface area contributed by atoms with Crippen molar-refractivity contribution in [1.29, 1.82) is 0 Å². The molecule has 2 nitrogen and oxygen atoms in total. The number of nitrogens with zero attached hydrogens (tertiary/aromatic N) is 2. The molecule has 1 aromatic heterocycles. The lowest BCUT2D eigenvalue weighted by atomic mass is 9.80. The van der Waals surface area contributed by atoms with Crippen molar-refractivity contribution in [1.82, 2.24) is 4.57 Å². The molecule has 0 fully saturated rings. The summed E-state index contributed by atoms with van der Waals surface area (Å²) in [5, 5.41) is 5.13. The Kier molecular flexibility index (Phi) is 5.58. The quantitative estimate of drug-likeness (QED) is 0.202. The summed E-state index contributed by atoms with van der Waals surface area (Å²) in [4.78, 5) is 2.45. The van der Waals surface area contributed by atoms with Crippen molar-refractivity contribution in [3.63, 3.8) is 0 Å². The molecule has 8 aromatic rings. The van der Waals surface area contributed by atoms with E-state index in [1.807, 2.05) is 0 Å². The summed E-state index contributed by atoms with van der Waals surface area (Å²) in [6.45, 7) is 4.77. The second kappa shape index (κ2) is 9.70. The van der Waals surface area contributed by atoms with E-state index in [4.69, 9.17) is 0 Å². The summed E-state index contributed by atoms with van der Waals surface area (Å²) in [7, 11) is 0. The largest absolute Gasteiger partial charge is 0.310 e. The van der Waals surface area contributed by atoms with Gasteiger partial charge in [-0.1, -0.05) is 117 Å². The van der Waals surface area contributed by atoms with Crippen LogP contribution in [-0.4, -0.2) is 4.57 Å². The summed E-state index contributed by atoms with van der Waals surface area (Å²) in [6, 6.07) is 57.5. The van der Waals surface area contributed by atoms with E-state index in [-0.39, 0.29) is 5.41 Å². The van der Waals surface area contributed by atoms with Crippen LogP contribution < -0.4 is 4.90 Å². The van der Waals surface area contributed by atoms with Crippen LogP contribution in [0.5, 0.6) is 0 Å². The molecule has 0 spiro atoms. The molecule has 0 unspecified atom stereocenters. The molecule has 7 aromatic carbocycles. The summed E-state index contributed by atoms with van der Waals surface area (Å²) < 4.78 is 2.39. The fourth-order valence-electron chi connectivity index (χ4n) is 7.77. The van der Waals surface area contributed by atoms with Crippen molar-refractivity contribution >= 4 is 49.6 Å². The third kappa shape index (κ3) is 3.76. The van der Waals surface area contributed by atoms with Crippen LogP contribution in [0.2, 0.25) is 0 Å². The van der Waals surface area contributed by atoms with Gasteiger partial charge in [0.25, 0.3) is 0 Å². The first-order chi connectivity index (χ1) is 22.1. The van der Waals surface area contributed by atoms with E-state index in [1.165, 1.54) is 60.5 Å². The second-order valence-corrected chi connectivity index (χ2v) is 12.6. The predicted molar refractivity (Wildman–Crippen MR) is 191 cm³/mol. The van der Waals surface area contributed by atoms with Gasteiger partial charge >= 0.3 is 0 Å². The molecule has 1 aliphatic rings. The minimum Gasteiger partial charge on any atom is -0.310 e. The minimum atomic E-state index is -0.140. The van der Waals surface area contributed by atoms with Gasteiger partial charge in [-0.05, 0) is 87.6 Å². The van der Waals surface area contributed by atoms with E-state index in [0.29, 0.717) is 0 Å². The maximum Gasteiger partial charge on any atom is 0.0562 e. The van der Waals surface area contributed by atoms with Crippen molar-refractivity contribution in [2.24, 2.45) is 0 Å². The first kappa shape index (κ1) is 25.9. The Morgan fingerprint density at radius 3 is 2.00 bits per heavy atom. The standard InChI is InChI=1S/C43H32N2/c1-43(2)37-28-32(25-27-34(37)35-26-24-29-14-9-10-19-33(29)42(35)43)44(30-15-5-3-6-16-30)39-22-13-23-40-41(39)36-20-11-12-21-38(36)45(40)31-17-7-4-8-18-31/h3-28H,1-2H3. The predicted octanol–water partition coefficient (Wildman–Crippen LogP) is 11.7.